The normalized spacial score (nSPS) is 17.6. The van der Waals surface area contributed by atoms with Crippen LogP contribution in [0.15, 0.2) is 24.3 Å². The second-order valence-electron chi connectivity index (χ2n) is 6.38. The minimum atomic E-state index is -0.225. The summed E-state index contributed by atoms with van der Waals surface area (Å²) in [5.41, 5.74) is 6.58. The van der Waals surface area contributed by atoms with Gasteiger partial charge in [-0.1, -0.05) is 31.9 Å². The average Bonchev–Trinajstić information content (AvgIpc) is 2.87. The lowest BCUT2D eigenvalue weighted by Gasteiger charge is -2.29. The highest BCUT2D eigenvalue weighted by Gasteiger charge is 2.33. The molecule has 0 radical (unpaired) electrons. The summed E-state index contributed by atoms with van der Waals surface area (Å²) in [6, 6.07) is 6.58. The van der Waals surface area contributed by atoms with Crippen LogP contribution in [0.1, 0.15) is 44.6 Å². The molecule has 3 nitrogen and oxygen atoms in total. The Bertz CT molecular complexity index is 489. The minimum Gasteiger partial charge on any atom is -0.349 e. The van der Waals surface area contributed by atoms with E-state index in [4.69, 9.17) is 5.73 Å². The van der Waals surface area contributed by atoms with Gasteiger partial charge in [0.25, 0.3) is 0 Å². The van der Waals surface area contributed by atoms with Crippen LogP contribution in [0.4, 0.5) is 4.39 Å². The van der Waals surface area contributed by atoms with Gasteiger partial charge < -0.3 is 11.1 Å². The van der Waals surface area contributed by atoms with Gasteiger partial charge in [0, 0.05) is 13.0 Å². The summed E-state index contributed by atoms with van der Waals surface area (Å²) in [5, 5.41) is 3.13. The Morgan fingerprint density at radius 2 is 2.09 bits per heavy atom. The van der Waals surface area contributed by atoms with E-state index in [2.05, 4.69) is 5.32 Å². The van der Waals surface area contributed by atoms with E-state index in [9.17, 15) is 9.18 Å². The zero-order valence-electron chi connectivity index (χ0n) is 13.1. The lowest BCUT2D eigenvalue weighted by Crippen LogP contribution is -2.51. The summed E-state index contributed by atoms with van der Waals surface area (Å²) < 4.78 is 13.2. The monoisotopic (exact) mass is 328 g/mol. The fourth-order valence-electron chi connectivity index (χ4n) is 3.23. The molecule has 0 saturated heterocycles. The van der Waals surface area contributed by atoms with E-state index in [0.717, 1.165) is 31.2 Å². The SMILES string of the molecule is CC(CC(=O)NC1(CN)CCCC1)Cc1cccc(F)c1.Cl. The Morgan fingerprint density at radius 3 is 2.68 bits per heavy atom. The summed E-state index contributed by atoms with van der Waals surface area (Å²) in [6.07, 6.45) is 5.40. The van der Waals surface area contributed by atoms with E-state index in [1.165, 1.54) is 12.1 Å². The van der Waals surface area contributed by atoms with Crippen molar-refractivity contribution in [3.63, 3.8) is 0 Å². The topological polar surface area (TPSA) is 55.1 Å². The number of carbonyl (C=O) groups is 1. The van der Waals surface area contributed by atoms with Crippen LogP contribution in [0.25, 0.3) is 0 Å². The van der Waals surface area contributed by atoms with Crippen molar-refractivity contribution in [1.29, 1.82) is 0 Å². The van der Waals surface area contributed by atoms with Crippen LogP contribution < -0.4 is 11.1 Å². The molecule has 124 valence electrons. The van der Waals surface area contributed by atoms with Gasteiger partial charge in [-0.2, -0.15) is 0 Å². The molecule has 1 aliphatic rings. The Labute approximate surface area is 138 Å². The molecule has 22 heavy (non-hydrogen) atoms. The van der Waals surface area contributed by atoms with Gasteiger partial charge in [0.15, 0.2) is 0 Å². The molecule has 3 N–H and O–H groups in total. The highest BCUT2D eigenvalue weighted by Crippen LogP contribution is 2.29. The van der Waals surface area contributed by atoms with E-state index in [1.54, 1.807) is 6.07 Å². The first-order valence-corrected chi connectivity index (χ1v) is 7.78. The van der Waals surface area contributed by atoms with Crippen molar-refractivity contribution in [3.8, 4) is 0 Å². The number of halogens is 2. The molecule has 1 atom stereocenters. The van der Waals surface area contributed by atoms with Crippen molar-refractivity contribution < 1.29 is 9.18 Å². The van der Waals surface area contributed by atoms with Gasteiger partial charge in [0.05, 0.1) is 5.54 Å². The Kier molecular flexibility index (Phi) is 7.30. The van der Waals surface area contributed by atoms with Gasteiger partial charge in [-0.3, -0.25) is 4.79 Å². The molecule has 0 aromatic heterocycles. The predicted molar refractivity (Wildman–Crippen MR) is 89.5 cm³/mol. The van der Waals surface area contributed by atoms with Crippen molar-refractivity contribution in [3.05, 3.63) is 35.6 Å². The van der Waals surface area contributed by atoms with Gasteiger partial charge in [-0.05, 0) is 42.9 Å². The molecule has 5 heteroatoms. The molecule has 0 aliphatic heterocycles. The number of nitrogens with one attached hydrogen (secondary N) is 1. The van der Waals surface area contributed by atoms with Crippen molar-refractivity contribution >= 4 is 18.3 Å². The highest BCUT2D eigenvalue weighted by molar-refractivity contribution is 5.85. The number of carbonyl (C=O) groups excluding carboxylic acids is 1. The number of benzene rings is 1. The molecular weight excluding hydrogens is 303 g/mol. The quantitative estimate of drug-likeness (QED) is 0.842. The Balaban J connectivity index is 0.00000242. The molecule has 0 bridgehead atoms. The third kappa shape index (κ3) is 5.25. The van der Waals surface area contributed by atoms with Gasteiger partial charge in [-0.25, -0.2) is 4.39 Å². The van der Waals surface area contributed by atoms with E-state index in [0.29, 0.717) is 19.4 Å². The first kappa shape index (κ1) is 18.9. The maximum atomic E-state index is 13.2. The lowest BCUT2D eigenvalue weighted by molar-refractivity contribution is -0.123. The molecular formula is C17H26ClFN2O. The van der Waals surface area contributed by atoms with Crippen molar-refractivity contribution in [2.45, 2.75) is 51.0 Å². The zero-order valence-corrected chi connectivity index (χ0v) is 13.9. The van der Waals surface area contributed by atoms with Crippen LogP contribution in [0, 0.1) is 11.7 Å². The van der Waals surface area contributed by atoms with E-state index in [-0.39, 0.29) is 35.6 Å². The molecule has 1 aromatic rings. The number of hydrogen-bond donors (Lipinski definition) is 2. The molecule has 1 aliphatic carbocycles. The molecule has 0 heterocycles. The van der Waals surface area contributed by atoms with Crippen LogP contribution in [0.2, 0.25) is 0 Å². The summed E-state index contributed by atoms with van der Waals surface area (Å²) in [5.74, 6) is 0.0199. The number of hydrogen-bond acceptors (Lipinski definition) is 2. The van der Waals surface area contributed by atoms with Crippen molar-refractivity contribution in [2.24, 2.45) is 11.7 Å². The molecule has 1 amide bonds. The molecule has 1 saturated carbocycles. The van der Waals surface area contributed by atoms with E-state index >= 15 is 0 Å². The van der Waals surface area contributed by atoms with Crippen LogP contribution in [0.5, 0.6) is 0 Å². The summed E-state index contributed by atoms with van der Waals surface area (Å²) in [7, 11) is 0. The lowest BCUT2D eigenvalue weighted by atomic mass is 9.94. The number of nitrogens with two attached hydrogens (primary N) is 1. The number of amides is 1. The van der Waals surface area contributed by atoms with Gasteiger partial charge in [0.1, 0.15) is 5.82 Å². The van der Waals surface area contributed by atoms with Crippen LogP contribution >= 0.6 is 12.4 Å². The highest BCUT2D eigenvalue weighted by atomic mass is 35.5. The van der Waals surface area contributed by atoms with Crippen LogP contribution in [-0.4, -0.2) is 18.0 Å². The zero-order chi connectivity index (χ0) is 15.3. The fraction of sp³-hybridized carbons (Fsp3) is 0.588. The standard InChI is InChI=1S/C17H25FN2O.ClH/c1-13(9-14-5-4-6-15(18)11-14)10-16(21)20-17(12-19)7-2-3-8-17;/h4-6,11,13H,2-3,7-10,12,19H2,1H3,(H,20,21);1H. The Morgan fingerprint density at radius 1 is 1.41 bits per heavy atom. The maximum Gasteiger partial charge on any atom is 0.220 e. The van der Waals surface area contributed by atoms with Crippen LogP contribution in [0.3, 0.4) is 0 Å². The third-order valence-corrected chi connectivity index (χ3v) is 4.36. The Hall–Kier alpha value is -1.13. The van der Waals surface area contributed by atoms with Gasteiger partial charge in [0.2, 0.25) is 5.91 Å². The fourth-order valence-corrected chi connectivity index (χ4v) is 3.23. The second kappa shape index (κ2) is 8.49. The minimum absolute atomic E-state index is 0. The van der Waals surface area contributed by atoms with Crippen LogP contribution in [-0.2, 0) is 11.2 Å². The van der Waals surface area contributed by atoms with E-state index < -0.39 is 0 Å². The molecule has 0 spiro atoms. The largest absolute Gasteiger partial charge is 0.349 e. The molecule has 2 rings (SSSR count). The molecule has 1 aromatic carbocycles. The first-order valence-electron chi connectivity index (χ1n) is 7.78. The smallest absolute Gasteiger partial charge is 0.220 e. The predicted octanol–water partition coefficient (Wildman–Crippen LogP) is 3.20. The van der Waals surface area contributed by atoms with Gasteiger partial charge in [-0.15, -0.1) is 12.4 Å². The molecule has 1 unspecified atom stereocenters. The van der Waals surface area contributed by atoms with E-state index in [1.807, 2.05) is 13.0 Å². The van der Waals surface area contributed by atoms with Gasteiger partial charge >= 0.3 is 0 Å². The first-order chi connectivity index (χ1) is 10.0. The summed E-state index contributed by atoms with van der Waals surface area (Å²) in [6.45, 7) is 2.53. The average molecular weight is 329 g/mol. The molecule has 1 fully saturated rings. The second-order valence-corrected chi connectivity index (χ2v) is 6.38. The third-order valence-electron chi connectivity index (χ3n) is 4.36. The summed E-state index contributed by atoms with van der Waals surface area (Å²) in [4.78, 5) is 12.2. The number of rotatable bonds is 6. The van der Waals surface area contributed by atoms with Crippen molar-refractivity contribution in [1.82, 2.24) is 5.32 Å². The maximum absolute atomic E-state index is 13.2. The summed E-state index contributed by atoms with van der Waals surface area (Å²) >= 11 is 0. The van der Waals surface area contributed by atoms with Crippen molar-refractivity contribution in [2.75, 3.05) is 6.54 Å².